The first kappa shape index (κ1) is 15.0. The summed E-state index contributed by atoms with van der Waals surface area (Å²) in [6, 6.07) is 12.6. The molecule has 0 amide bonds. The molecule has 0 aliphatic carbocycles. The number of benzene rings is 1. The van der Waals surface area contributed by atoms with Crippen molar-refractivity contribution in [1.29, 1.82) is 0 Å². The van der Waals surface area contributed by atoms with Crippen LogP contribution in [0.1, 0.15) is 19.3 Å². The van der Waals surface area contributed by atoms with Crippen LogP contribution in [0.4, 0.5) is 0 Å². The van der Waals surface area contributed by atoms with Crippen molar-refractivity contribution in [2.24, 2.45) is 5.92 Å². The van der Waals surface area contributed by atoms with Gasteiger partial charge in [-0.2, -0.15) is 0 Å². The van der Waals surface area contributed by atoms with Crippen molar-refractivity contribution in [3.05, 3.63) is 48.8 Å². The highest BCUT2D eigenvalue weighted by atomic mass is 16.5. The number of aromatic amines is 1. The van der Waals surface area contributed by atoms with Gasteiger partial charge in [0.25, 0.3) is 0 Å². The molecule has 2 bridgehead atoms. The Bertz CT molecular complexity index is 870. The Morgan fingerprint density at radius 2 is 2.08 bits per heavy atom. The number of aromatic nitrogens is 2. The molecule has 4 nitrogen and oxygen atoms in total. The highest BCUT2D eigenvalue weighted by molar-refractivity contribution is 5.84. The van der Waals surface area contributed by atoms with E-state index in [0.717, 1.165) is 28.9 Å². The smallest absolute Gasteiger partial charge is 0.138 e. The maximum absolute atomic E-state index is 6.30. The van der Waals surface area contributed by atoms with Crippen molar-refractivity contribution in [2.45, 2.75) is 25.4 Å². The number of pyridine rings is 1. The summed E-state index contributed by atoms with van der Waals surface area (Å²) in [6.07, 6.45) is 7.94. The van der Waals surface area contributed by atoms with E-state index in [1.54, 1.807) is 0 Å². The minimum absolute atomic E-state index is 0.348. The first-order chi connectivity index (χ1) is 12.3. The Labute approximate surface area is 147 Å². The van der Waals surface area contributed by atoms with Gasteiger partial charge < -0.3 is 14.6 Å². The summed E-state index contributed by atoms with van der Waals surface area (Å²) >= 11 is 0. The van der Waals surface area contributed by atoms with Gasteiger partial charge in [0.15, 0.2) is 0 Å². The molecular weight excluding hydrogens is 310 g/mol. The average molecular weight is 333 g/mol. The van der Waals surface area contributed by atoms with Gasteiger partial charge in [0.2, 0.25) is 0 Å². The molecule has 2 aliphatic rings. The molecule has 1 aromatic carbocycles. The summed E-state index contributed by atoms with van der Waals surface area (Å²) in [5.74, 6) is 1.58. The first-order valence-electron chi connectivity index (χ1n) is 9.28. The topological polar surface area (TPSA) is 41.1 Å². The van der Waals surface area contributed by atoms with E-state index >= 15 is 0 Å². The van der Waals surface area contributed by atoms with Gasteiger partial charge in [-0.25, -0.2) is 0 Å². The Morgan fingerprint density at radius 1 is 1.08 bits per heavy atom. The fraction of sp³-hybridized carbons (Fsp3) is 0.381. The SMILES string of the molecule is c1cc2cc(-c3ccc(OC4CCN5CCCC4C5)cn3)ccc2[nH]1. The quantitative estimate of drug-likeness (QED) is 0.785. The fourth-order valence-electron chi connectivity index (χ4n) is 4.31. The van der Waals surface area contributed by atoms with E-state index in [2.05, 4.69) is 51.3 Å². The molecule has 0 spiro atoms. The zero-order chi connectivity index (χ0) is 16.6. The zero-order valence-electron chi connectivity index (χ0n) is 14.3. The van der Waals surface area contributed by atoms with Crippen LogP contribution in [0.2, 0.25) is 0 Å². The third-order valence-corrected chi connectivity index (χ3v) is 5.67. The van der Waals surface area contributed by atoms with E-state index in [1.807, 2.05) is 12.4 Å². The van der Waals surface area contributed by atoms with Crippen LogP contribution in [-0.4, -0.2) is 40.6 Å². The van der Waals surface area contributed by atoms with Crippen LogP contribution >= 0.6 is 0 Å². The van der Waals surface area contributed by atoms with Crippen LogP contribution in [0.5, 0.6) is 5.75 Å². The van der Waals surface area contributed by atoms with Gasteiger partial charge in [-0.05, 0) is 56.1 Å². The van der Waals surface area contributed by atoms with Gasteiger partial charge in [0.05, 0.1) is 11.9 Å². The number of piperidine rings is 2. The van der Waals surface area contributed by atoms with Crippen molar-refractivity contribution in [2.75, 3.05) is 19.6 Å². The summed E-state index contributed by atoms with van der Waals surface area (Å²) in [7, 11) is 0. The van der Waals surface area contributed by atoms with Crippen molar-refractivity contribution in [3.8, 4) is 17.0 Å². The van der Waals surface area contributed by atoms with Crippen LogP contribution in [0.3, 0.4) is 0 Å². The second-order valence-corrected chi connectivity index (χ2v) is 7.31. The molecule has 3 unspecified atom stereocenters. The van der Waals surface area contributed by atoms with E-state index in [9.17, 15) is 0 Å². The van der Waals surface area contributed by atoms with Gasteiger partial charge >= 0.3 is 0 Å². The lowest BCUT2D eigenvalue weighted by molar-refractivity contribution is 0.0150. The molecule has 2 saturated heterocycles. The molecule has 128 valence electrons. The highest BCUT2D eigenvalue weighted by Crippen LogP contribution is 2.30. The zero-order valence-corrected chi connectivity index (χ0v) is 14.3. The molecule has 2 aliphatic heterocycles. The van der Waals surface area contributed by atoms with Crippen LogP contribution in [-0.2, 0) is 0 Å². The van der Waals surface area contributed by atoms with E-state index in [1.165, 1.54) is 37.9 Å². The van der Waals surface area contributed by atoms with Gasteiger partial charge in [-0.1, -0.05) is 6.07 Å². The maximum atomic E-state index is 6.30. The second-order valence-electron chi connectivity index (χ2n) is 7.31. The molecule has 4 heterocycles. The largest absolute Gasteiger partial charge is 0.488 e. The third kappa shape index (κ3) is 2.91. The van der Waals surface area contributed by atoms with Gasteiger partial charge in [-0.3, -0.25) is 4.98 Å². The number of nitrogens with one attached hydrogen (secondary N) is 1. The number of H-pyrrole nitrogens is 1. The van der Waals surface area contributed by atoms with E-state index in [4.69, 9.17) is 4.74 Å². The summed E-state index contributed by atoms with van der Waals surface area (Å²) in [4.78, 5) is 10.4. The number of hydrogen-bond donors (Lipinski definition) is 1. The van der Waals surface area contributed by atoms with Gasteiger partial charge in [-0.15, -0.1) is 0 Å². The molecule has 2 fully saturated rings. The van der Waals surface area contributed by atoms with E-state index in [-0.39, 0.29) is 0 Å². The first-order valence-corrected chi connectivity index (χ1v) is 9.28. The Balaban J connectivity index is 1.32. The monoisotopic (exact) mass is 333 g/mol. The molecular formula is C21H23N3O. The molecule has 1 N–H and O–H groups in total. The lowest BCUT2D eigenvalue weighted by Crippen LogP contribution is -2.48. The van der Waals surface area contributed by atoms with Crippen LogP contribution in [0.25, 0.3) is 22.2 Å². The van der Waals surface area contributed by atoms with E-state index in [0.29, 0.717) is 12.0 Å². The van der Waals surface area contributed by atoms with Crippen molar-refractivity contribution in [1.82, 2.24) is 14.9 Å². The summed E-state index contributed by atoms with van der Waals surface area (Å²) in [5, 5.41) is 1.21. The molecule has 2 aromatic heterocycles. The molecule has 5 rings (SSSR count). The van der Waals surface area contributed by atoms with Crippen molar-refractivity contribution >= 4 is 10.9 Å². The Kier molecular flexibility index (Phi) is 3.71. The summed E-state index contributed by atoms with van der Waals surface area (Å²) in [5.41, 5.74) is 3.28. The normalized spacial score (nSPS) is 25.8. The van der Waals surface area contributed by atoms with Crippen LogP contribution in [0, 0.1) is 5.92 Å². The van der Waals surface area contributed by atoms with Crippen molar-refractivity contribution < 1.29 is 4.74 Å². The predicted molar refractivity (Wildman–Crippen MR) is 99.7 cm³/mol. The standard InChI is InChI=1S/C21H23N3O/c1-2-17-14-24(10-1)11-8-21(17)25-18-4-6-20(23-13-18)15-3-5-19-16(12-15)7-9-22-19/h3-7,9,12-13,17,21-22H,1-2,8,10-11,14H2. The number of ether oxygens (including phenoxy) is 1. The van der Waals surface area contributed by atoms with Crippen molar-refractivity contribution in [3.63, 3.8) is 0 Å². The fourth-order valence-corrected chi connectivity index (χ4v) is 4.31. The molecule has 3 atom stereocenters. The maximum Gasteiger partial charge on any atom is 0.138 e. The minimum atomic E-state index is 0.348. The van der Waals surface area contributed by atoms with Gasteiger partial charge in [0, 0.05) is 41.7 Å². The lowest BCUT2D eigenvalue weighted by Gasteiger charge is -2.42. The minimum Gasteiger partial charge on any atom is -0.488 e. The molecule has 0 radical (unpaired) electrons. The average Bonchev–Trinajstić information content (AvgIpc) is 3.13. The lowest BCUT2D eigenvalue weighted by atomic mass is 9.87. The molecule has 25 heavy (non-hydrogen) atoms. The third-order valence-electron chi connectivity index (χ3n) is 5.67. The van der Waals surface area contributed by atoms with E-state index < -0.39 is 0 Å². The predicted octanol–water partition coefficient (Wildman–Crippen LogP) is 4.09. The second kappa shape index (κ2) is 6.19. The van der Waals surface area contributed by atoms with Gasteiger partial charge in [0.1, 0.15) is 11.9 Å². The number of rotatable bonds is 3. The number of nitrogens with zero attached hydrogens (tertiary/aromatic N) is 2. The summed E-state index contributed by atoms with van der Waals surface area (Å²) < 4.78 is 6.30. The Morgan fingerprint density at radius 3 is 3.00 bits per heavy atom. The number of fused-ring (bicyclic) bond motifs is 3. The molecule has 3 aromatic rings. The highest BCUT2D eigenvalue weighted by Gasteiger charge is 2.33. The summed E-state index contributed by atoms with van der Waals surface area (Å²) in [6.45, 7) is 3.64. The Hall–Kier alpha value is -2.33. The molecule has 0 saturated carbocycles. The number of hydrogen-bond acceptors (Lipinski definition) is 3. The van der Waals surface area contributed by atoms with Crippen LogP contribution < -0.4 is 4.74 Å². The molecule has 4 heteroatoms. The van der Waals surface area contributed by atoms with Crippen LogP contribution in [0.15, 0.2) is 48.8 Å².